The predicted octanol–water partition coefficient (Wildman–Crippen LogP) is 1.73. The molecule has 20 heavy (non-hydrogen) atoms. The number of hydrogen-bond donors (Lipinski definition) is 1. The van der Waals surface area contributed by atoms with Crippen molar-refractivity contribution < 1.29 is 4.79 Å². The lowest BCUT2D eigenvalue weighted by atomic mass is 10.2. The number of rotatable bonds is 4. The summed E-state index contributed by atoms with van der Waals surface area (Å²) < 4.78 is 0. The van der Waals surface area contributed by atoms with E-state index in [1.807, 2.05) is 6.92 Å². The summed E-state index contributed by atoms with van der Waals surface area (Å²) in [6.45, 7) is 10.5. The first kappa shape index (κ1) is 17.4. The molecule has 114 valence electrons. The van der Waals surface area contributed by atoms with Gasteiger partial charge in [0.2, 0.25) is 5.91 Å². The molecule has 0 aliphatic carbocycles. The molecule has 1 fully saturated rings. The average molecular weight is 319 g/mol. The Bertz CT molecular complexity index is 440. The maximum Gasteiger partial charge on any atom is 0.225 e. The first-order valence-electron chi connectivity index (χ1n) is 6.79. The number of amides is 1. The molecule has 1 aliphatic heterocycles. The van der Waals surface area contributed by atoms with Crippen LogP contribution in [0.1, 0.15) is 26.5 Å². The minimum Gasteiger partial charge on any atom is -0.314 e. The SMILES string of the molecule is CCN(C(C)=O)c1nc(CN2CCNC[C@H]2C)cs1.Cl. The maximum absolute atomic E-state index is 11.5. The largest absolute Gasteiger partial charge is 0.314 e. The molecule has 1 amide bonds. The van der Waals surface area contributed by atoms with Crippen molar-refractivity contribution in [3.05, 3.63) is 11.1 Å². The third-order valence-corrected chi connectivity index (χ3v) is 4.38. The van der Waals surface area contributed by atoms with Gasteiger partial charge in [-0.15, -0.1) is 23.7 Å². The fourth-order valence-corrected chi connectivity index (χ4v) is 3.24. The molecule has 1 saturated heterocycles. The van der Waals surface area contributed by atoms with E-state index in [1.165, 1.54) is 0 Å². The van der Waals surface area contributed by atoms with Crippen LogP contribution in [0, 0.1) is 0 Å². The Hall–Kier alpha value is -0.690. The zero-order valence-corrected chi connectivity index (χ0v) is 13.9. The van der Waals surface area contributed by atoms with Crippen LogP contribution in [0.2, 0.25) is 0 Å². The van der Waals surface area contributed by atoms with Crippen LogP contribution in [0.5, 0.6) is 0 Å². The van der Waals surface area contributed by atoms with Gasteiger partial charge in [-0.2, -0.15) is 0 Å². The van der Waals surface area contributed by atoms with Gasteiger partial charge in [-0.25, -0.2) is 4.98 Å². The normalized spacial score (nSPS) is 19.4. The second kappa shape index (κ2) is 7.93. The lowest BCUT2D eigenvalue weighted by molar-refractivity contribution is -0.116. The summed E-state index contributed by atoms with van der Waals surface area (Å²) in [6.07, 6.45) is 0. The number of halogens is 1. The molecule has 5 nitrogen and oxygen atoms in total. The van der Waals surface area contributed by atoms with Crippen molar-refractivity contribution in [1.29, 1.82) is 0 Å². The van der Waals surface area contributed by atoms with Gasteiger partial charge in [0.15, 0.2) is 5.13 Å². The van der Waals surface area contributed by atoms with E-state index < -0.39 is 0 Å². The van der Waals surface area contributed by atoms with Crippen molar-refractivity contribution in [1.82, 2.24) is 15.2 Å². The monoisotopic (exact) mass is 318 g/mol. The van der Waals surface area contributed by atoms with Crippen LogP contribution in [0.4, 0.5) is 5.13 Å². The van der Waals surface area contributed by atoms with Crippen LogP contribution in [0.25, 0.3) is 0 Å². The van der Waals surface area contributed by atoms with Crippen molar-refractivity contribution in [2.75, 3.05) is 31.1 Å². The number of nitrogens with one attached hydrogen (secondary N) is 1. The fourth-order valence-electron chi connectivity index (χ4n) is 2.31. The van der Waals surface area contributed by atoms with E-state index >= 15 is 0 Å². The molecule has 1 atom stereocenters. The molecule has 2 heterocycles. The number of aromatic nitrogens is 1. The first-order valence-corrected chi connectivity index (χ1v) is 7.67. The molecule has 2 rings (SSSR count). The van der Waals surface area contributed by atoms with Crippen molar-refractivity contribution in [3.8, 4) is 0 Å². The minimum atomic E-state index is 0. The molecule has 1 N–H and O–H groups in total. The smallest absolute Gasteiger partial charge is 0.225 e. The molecule has 7 heteroatoms. The third kappa shape index (κ3) is 4.15. The van der Waals surface area contributed by atoms with E-state index in [4.69, 9.17) is 0 Å². The molecule has 0 bridgehead atoms. The number of carbonyl (C=O) groups is 1. The highest BCUT2D eigenvalue weighted by molar-refractivity contribution is 7.14. The number of hydrogen-bond acceptors (Lipinski definition) is 5. The summed E-state index contributed by atoms with van der Waals surface area (Å²) in [5.41, 5.74) is 1.06. The van der Waals surface area contributed by atoms with Crippen LogP contribution in [0.3, 0.4) is 0 Å². The van der Waals surface area contributed by atoms with Crippen molar-refractivity contribution in [3.63, 3.8) is 0 Å². The van der Waals surface area contributed by atoms with E-state index in [-0.39, 0.29) is 18.3 Å². The van der Waals surface area contributed by atoms with Gasteiger partial charge in [0.25, 0.3) is 0 Å². The summed E-state index contributed by atoms with van der Waals surface area (Å²) in [7, 11) is 0. The van der Waals surface area contributed by atoms with Crippen molar-refractivity contribution in [2.24, 2.45) is 0 Å². The molecule has 1 aromatic heterocycles. The summed E-state index contributed by atoms with van der Waals surface area (Å²) in [5.74, 6) is 0.0546. The van der Waals surface area contributed by atoms with E-state index in [2.05, 4.69) is 27.5 Å². The molecule has 0 aromatic carbocycles. The lowest BCUT2D eigenvalue weighted by Crippen LogP contribution is -2.49. The molecular weight excluding hydrogens is 296 g/mol. The number of thiazole rings is 1. The Morgan fingerprint density at radius 3 is 3.00 bits per heavy atom. The van der Waals surface area contributed by atoms with E-state index in [0.717, 1.165) is 37.0 Å². The van der Waals surface area contributed by atoms with Crippen LogP contribution in [0.15, 0.2) is 5.38 Å². The van der Waals surface area contributed by atoms with E-state index in [1.54, 1.807) is 23.2 Å². The Morgan fingerprint density at radius 1 is 1.65 bits per heavy atom. The Kier molecular flexibility index (Phi) is 6.88. The summed E-state index contributed by atoms with van der Waals surface area (Å²) in [5, 5.41) is 6.26. The molecule has 0 unspecified atom stereocenters. The van der Waals surface area contributed by atoms with Gasteiger partial charge in [-0.1, -0.05) is 0 Å². The van der Waals surface area contributed by atoms with Crippen molar-refractivity contribution >= 4 is 34.8 Å². The molecule has 1 aliphatic rings. The summed E-state index contributed by atoms with van der Waals surface area (Å²) >= 11 is 1.55. The topological polar surface area (TPSA) is 48.5 Å². The maximum atomic E-state index is 11.5. The van der Waals surface area contributed by atoms with Gasteiger partial charge in [0, 0.05) is 51.1 Å². The van der Waals surface area contributed by atoms with Gasteiger partial charge < -0.3 is 5.32 Å². The standard InChI is InChI=1S/C13H22N4OS.ClH/c1-4-17(11(3)18)13-15-12(9-19-13)8-16-6-5-14-7-10(16)2;/h9-10,14H,4-8H2,1-3H3;1H/t10-;/m1./s1. The van der Waals surface area contributed by atoms with Gasteiger partial charge in [-0.3, -0.25) is 14.6 Å². The summed E-state index contributed by atoms with van der Waals surface area (Å²) in [6, 6.07) is 0.536. The fraction of sp³-hybridized carbons (Fsp3) is 0.692. The number of anilines is 1. The molecule has 0 saturated carbocycles. The lowest BCUT2D eigenvalue weighted by Gasteiger charge is -2.33. The first-order chi connectivity index (χ1) is 9.11. The second-order valence-corrected chi connectivity index (χ2v) is 5.74. The zero-order valence-electron chi connectivity index (χ0n) is 12.3. The van der Waals surface area contributed by atoms with Crippen LogP contribution >= 0.6 is 23.7 Å². The number of piperazine rings is 1. The van der Waals surface area contributed by atoms with Crippen LogP contribution < -0.4 is 10.2 Å². The molecule has 0 spiro atoms. The van der Waals surface area contributed by atoms with Gasteiger partial charge >= 0.3 is 0 Å². The zero-order chi connectivity index (χ0) is 13.8. The number of nitrogens with zero attached hydrogens (tertiary/aromatic N) is 3. The quantitative estimate of drug-likeness (QED) is 0.918. The van der Waals surface area contributed by atoms with Gasteiger partial charge in [0.1, 0.15) is 0 Å². The predicted molar refractivity (Wildman–Crippen MR) is 85.8 cm³/mol. The van der Waals surface area contributed by atoms with E-state index in [9.17, 15) is 4.79 Å². The average Bonchev–Trinajstić information content (AvgIpc) is 2.81. The summed E-state index contributed by atoms with van der Waals surface area (Å²) in [4.78, 5) is 20.2. The molecule has 0 radical (unpaired) electrons. The minimum absolute atomic E-state index is 0. The van der Waals surface area contributed by atoms with Crippen molar-refractivity contribution in [2.45, 2.75) is 33.4 Å². The van der Waals surface area contributed by atoms with E-state index in [0.29, 0.717) is 12.6 Å². The van der Waals surface area contributed by atoms with Crippen LogP contribution in [-0.4, -0.2) is 48.0 Å². The molecular formula is C13H23ClN4OS. The van der Waals surface area contributed by atoms with Gasteiger partial charge in [-0.05, 0) is 13.8 Å². The third-order valence-electron chi connectivity index (χ3n) is 3.47. The Morgan fingerprint density at radius 2 is 2.40 bits per heavy atom. The van der Waals surface area contributed by atoms with Crippen LogP contribution in [-0.2, 0) is 11.3 Å². The van der Waals surface area contributed by atoms with Gasteiger partial charge in [0.05, 0.1) is 5.69 Å². The molecule has 1 aromatic rings. The number of carbonyl (C=O) groups excluding carboxylic acids is 1. The Balaban J connectivity index is 0.00000200. The second-order valence-electron chi connectivity index (χ2n) is 4.91. The Labute approximate surface area is 130 Å². The highest BCUT2D eigenvalue weighted by atomic mass is 35.5. The highest BCUT2D eigenvalue weighted by Gasteiger charge is 2.20. The highest BCUT2D eigenvalue weighted by Crippen LogP contribution is 2.22.